The molecule has 0 unspecified atom stereocenters. The molecule has 0 aliphatic rings. The third-order valence-electron chi connectivity index (χ3n) is 4.48. The molecule has 26 heavy (non-hydrogen) atoms. The van der Waals surface area contributed by atoms with E-state index in [0.29, 0.717) is 6.54 Å². The molecule has 0 saturated heterocycles. The Labute approximate surface area is 153 Å². The van der Waals surface area contributed by atoms with Crippen molar-refractivity contribution in [1.29, 1.82) is 0 Å². The SMILES string of the molecule is CN(Cc1nc2ccccc2s1)C(=O)Cn1c(=O)n(C)c2ccccc21. The van der Waals surface area contributed by atoms with Gasteiger partial charge >= 0.3 is 5.69 Å². The summed E-state index contributed by atoms with van der Waals surface area (Å²) >= 11 is 1.58. The Balaban J connectivity index is 1.56. The lowest BCUT2D eigenvalue weighted by atomic mass is 10.3. The maximum atomic E-state index is 12.7. The first-order valence-electron chi connectivity index (χ1n) is 8.27. The Kier molecular flexibility index (Phi) is 4.08. The second-order valence-electron chi connectivity index (χ2n) is 6.24. The molecule has 132 valence electrons. The van der Waals surface area contributed by atoms with Gasteiger partial charge in [-0.25, -0.2) is 9.78 Å². The zero-order valence-electron chi connectivity index (χ0n) is 14.5. The molecule has 2 aromatic heterocycles. The van der Waals surface area contributed by atoms with Crippen LogP contribution < -0.4 is 5.69 Å². The number of para-hydroxylation sites is 3. The molecule has 0 bridgehead atoms. The van der Waals surface area contributed by atoms with Crippen LogP contribution in [-0.2, 0) is 24.9 Å². The molecule has 0 aliphatic heterocycles. The fourth-order valence-electron chi connectivity index (χ4n) is 3.05. The molecule has 1 amide bonds. The fraction of sp³-hybridized carbons (Fsp3) is 0.211. The van der Waals surface area contributed by atoms with E-state index < -0.39 is 0 Å². The highest BCUT2D eigenvalue weighted by Crippen LogP contribution is 2.22. The molecule has 2 aromatic carbocycles. The summed E-state index contributed by atoms with van der Waals surface area (Å²) in [6.07, 6.45) is 0. The highest BCUT2D eigenvalue weighted by atomic mass is 32.1. The van der Waals surface area contributed by atoms with Crippen LogP contribution in [0.5, 0.6) is 0 Å². The van der Waals surface area contributed by atoms with Gasteiger partial charge < -0.3 is 4.90 Å². The fourth-order valence-corrected chi connectivity index (χ4v) is 4.07. The number of nitrogens with zero attached hydrogens (tertiary/aromatic N) is 4. The molecule has 0 saturated carbocycles. The molecule has 4 rings (SSSR count). The minimum Gasteiger partial charge on any atom is -0.337 e. The number of hydrogen-bond donors (Lipinski definition) is 0. The Morgan fingerprint density at radius 1 is 1.12 bits per heavy atom. The van der Waals surface area contributed by atoms with Crippen molar-refractivity contribution in [3.8, 4) is 0 Å². The summed E-state index contributed by atoms with van der Waals surface area (Å²) in [7, 11) is 3.46. The number of amides is 1. The minimum atomic E-state index is -0.187. The van der Waals surface area contributed by atoms with Crippen molar-refractivity contribution in [1.82, 2.24) is 19.0 Å². The van der Waals surface area contributed by atoms with Crippen molar-refractivity contribution in [2.24, 2.45) is 7.05 Å². The molecule has 0 spiro atoms. The number of carbonyl (C=O) groups is 1. The van der Waals surface area contributed by atoms with Gasteiger partial charge in [-0.15, -0.1) is 11.3 Å². The van der Waals surface area contributed by atoms with Crippen LogP contribution in [0.3, 0.4) is 0 Å². The van der Waals surface area contributed by atoms with E-state index in [1.54, 1.807) is 34.9 Å². The van der Waals surface area contributed by atoms with E-state index >= 15 is 0 Å². The third kappa shape index (κ3) is 2.80. The Hall–Kier alpha value is -2.93. The van der Waals surface area contributed by atoms with E-state index in [4.69, 9.17) is 0 Å². The van der Waals surface area contributed by atoms with E-state index in [2.05, 4.69) is 4.98 Å². The van der Waals surface area contributed by atoms with Gasteiger partial charge in [-0.05, 0) is 24.3 Å². The molecule has 4 aromatic rings. The smallest absolute Gasteiger partial charge is 0.329 e. The number of benzene rings is 2. The highest BCUT2D eigenvalue weighted by Gasteiger charge is 2.17. The minimum absolute atomic E-state index is 0.0155. The van der Waals surface area contributed by atoms with Crippen LogP contribution in [0, 0.1) is 0 Å². The van der Waals surface area contributed by atoms with Gasteiger partial charge in [0.05, 0.1) is 27.8 Å². The van der Waals surface area contributed by atoms with Crippen molar-refractivity contribution in [3.05, 3.63) is 64.0 Å². The normalized spacial score (nSPS) is 11.3. The molecule has 0 N–H and O–H groups in total. The standard InChI is InChI=1S/C19H18N4O2S/c1-21(11-17-20-13-7-3-6-10-16(13)26-17)18(24)12-23-15-9-5-4-8-14(15)22(2)19(23)25/h3-10H,11-12H2,1-2H3. The number of aryl methyl sites for hydroxylation is 1. The van der Waals surface area contributed by atoms with Crippen LogP contribution >= 0.6 is 11.3 Å². The lowest BCUT2D eigenvalue weighted by Gasteiger charge is -2.16. The van der Waals surface area contributed by atoms with Gasteiger partial charge in [0, 0.05) is 14.1 Å². The zero-order chi connectivity index (χ0) is 18.3. The average Bonchev–Trinajstić information content (AvgIpc) is 3.16. The van der Waals surface area contributed by atoms with Gasteiger partial charge in [0.25, 0.3) is 0 Å². The third-order valence-corrected chi connectivity index (χ3v) is 5.50. The number of rotatable bonds is 4. The van der Waals surface area contributed by atoms with Crippen molar-refractivity contribution >= 4 is 38.5 Å². The second-order valence-corrected chi connectivity index (χ2v) is 7.36. The van der Waals surface area contributed by atoms with E-state index in [-0.39, 0.29) is 18.1 Å². The van der Waals surface area contributed by atoms with Crippen molar-refractivity contribution < 1.29 is 4.79 Å². The van der Waals surface area contributed by atoms with Gasteiger partial charge in [-0.2, -0.15) is 0 Å². The van der Waals surface area contributed by atoms with Gasteiger partial charge in [-0.3, -0.25) is 13.9 Å². The number of aromatic nitrogens is 3. The Morgan fingerprint density at radius 2 is 1.81 bits per heavy atom. The van der Waals surface area contributed by atoms with E-state index in [1.165, 1.54) is 4.57 Å². The number of carbonyl (C=O) groups excluding carboxylic acids is 1. The first-order valence-corrected chi connectivity index (χ1v) is 9.09. The van der Waals surface area contributed by atoms with E-state index in [1.807, 2.05) is 48.5 Å². The maximum absolute atomic E-state index is 12.7. The largest absolute Gasteiger partial charge is 0.337 e. The molecule has 0 fully saturated rings. The van der Waals surface area contributed by atoms with Crippen LogP contribution in [0.1, 0.15) is 5.01 Å². The van der Waals surface area contributed by atoms with Crippen molar-refractivity contribution in [3.63, 3.8) is 0 Å². The van der Waals surface area contributed by atoms with Crippen molar-refractivity contribution in [2.45, 2.75) is 13.1 Å². The topological polar surface area (TPSA) is 60.1 Å². The molecular weight excluding hydrogens is 348 g/mol. The van der Waals surface area contributed by atoms with Gasteiger partial charge in [0.15, 0.2) is 0 Å². The average molecular weight is 366 g/mol. The number of likely N-dealkylation sites (N-methyl/N-ethyl adjacent to an activating group) is 1. The van der Waals surface area contributed by atoms with Crippen molar-refractivity contribution in [2.75, 3.05) is 7.05 Å². The highest BCUT2D eigenvalue weighted by molar-refractivity contribution is 7.18. The summed E-state index contributed by atoms with van der Waals surface area (Å²) in [6, 6.07) is 15.4. The number of hydrogen-bond acceptors (Lipinski definition) is 4. The Morgan fingerprint density at radius 3 is 2.58 bits per heavy atom. The lowest BCUT2D eigenvalue weighted by molar-refractivity contribution is -0.131. The molecule has 0 radical (unpaired) electrons. The molecule has 0 aliphatic carbocycles. The van der Waals surface area contributed by atoms with E-state index in [9.17, 15) is 9.59 Å². The predicted molar refractivity (Wildman–Crippen MR) is 103 cm³/mol. The summed E-state index contributed by atoms with van der Waals surface area (Å²) in [5.41, 5.74) is 2.34. The first-order chi connectivity index (χ1) is 12.5. The van der Waals surface area contributed by atoms with Crippen LogP contribution in [-0.4, -0.2) is 32.0 Å². The first kappa shape index (κ1) is 16.5. The van der Waals surface area contributed by atoms with Crippen LogP contribution in [0.2, 0.25) is 0 Å². The van der Waals surface area contributed by atoms with Gasteiger partial charge in [0.1, 0.15) is 11.6 Å². The quantitative estimate of drug-likeness (QED) is 0.558. The number of fused-ring (bicyclic) bond motifs is 2. The molecule has 7 heteroatoms. The zero-order valence-corrected chi connectivity index (χ0v) is 15.4. The number of thiazole rings is 1. The van der Waals surface area contributed by atoms with Gasteiger partial charge in [-0.1, -0.05) is 24.3 Å². The predicted octanol–water partition coefficient (Wildman–Crippen LogP) is 2.61. The summed E-state index contributed by atoms with van der Waals surface area (Å²) in [5, 5.41) is 0.882. The molecule has 2 heterocycles. The summed E-state index contributed by atoms with van der Waals surface area (Å²) in [4.78, 5) is 31.3. The van der Waals surface area contributed by atoms with E-state index in [0.717, 1.165) is 26.3 Å². The van der Waals surface area contributed by atoms with Crippen LogP contribution in [0.25, 0.3) is 21.3 Å². The second kappa shape index (κ2) is 6.42. The summed E-state index contributed by atoms with van der Waals surface area (Å²) in [6.45, 7) is 0.444. The molecular formula is C19H18N4O2S. The molecule has 6 nitrogen and oxygen atoms in total. The monoisotopic (exact) mass is 366 g/mol. The van der Waals surface area contributed by atoms with Gasteiger partial charge in [0.2, 0.25) is 5.91 Å². The Bertz CT molecular complexity index is 1140. The van der Waals surface area contributed by atoms with Crippen LogP contribution in [0.15, 0.2) is 53.3 Å². The molecule has 0 atom stereocenters. The lowest BCUT2D eigenvalue weighted by Crippen LogP contribution is -2.33. The number of imidazole rings is 1. The van der Waals surface area contributed by atoms with Crippen LogP contribution in [0.4, 0.5) is 0 Å². The summed E-state index contributed by atoms with van der Waals surface area (Å²) < 4.78 is 4.19. The summed E-state index contributed by atoms with van der Waals surface area (Å²) in [5.74, 6) is -0.122. The maximum Gasteiger partial charge on any atom is 0.329 e.